The maximum atomic E-state index is 14.5. The molecule has 6 heterocycles. The molecule has 0 radical (unpaired) electrons. The van der Waals surface area contributed by atoms with Crippen LogP contribution in [0.15, 0.2) is 12.1 Å². The first-order valence-electron chi connectivity index (χ1n) is 18.4. The molecule has 5 aliphatic rings. The molecule has 5 aliphatic heterocycles. The van der Waals surface area contributed by atoms with E-state index in [2.05, 4.69) is 9.80 Å². The molecule has 1 aromatic carbocycles. The highest BCUT2D eigenvalue weighted by Crippen LogP contribution is 2.46. The van der Waals surface area contributed by atoms with Crippen LogP contribution >= 0.6 is 11.6 Å². The number of ether oxygens (including phenoxy) is 4. The van der Waals surface area contributed by atoms with Gasteiger partial charge in [-0.2, -0.15) is 23.1 Å². The quantitative estimate of drug-likeness (QED) is 0.290. The van der Waals surface area contributed by atoms with Crippen LogP contribution in [0, 0.1) is 0 Å². The molecule has 7 rings (SSSR count). The molecule has 2 aromatic rings. The Hall–Kier alpha value is -3.23. The lowest BCUT2D eigenvalue weighted by Gasteiger charge is -2.43. The number of nitrogens with zero attached hydrogens (tertiary/aromatic N) is 6. The van der Waals surface area contributed by atoms with E-state index < -0.39 is 34.5 Å². The first kappa shape index (κ1) is 32.7. The molecule has 15 heteroatoms. The summed E-state index contributed by atoms with van der Waals surface area (Å²) in [5.74, 6) is 0.672. The van der Waals surface area contributed by atoms with Crippen LogP contribution in [-0.4, -0.2) is 102 Å². The Morgan fingerprint density at radius 2 is 1.74 bits per heavy atom. The van der Waals surface area contributed by atoms with Gasteiger partial charge in [0, 0.05) is 38.4 Å². The van der Waals surface area contributed by atoms with E-state index in [9.17, 15) is 20.7 Å². The number of halogens is 4. The highest BCUT2D eigenvalue weighted by molar-refractivity contribution is 6.32. The molecular formula is C35H46ClF3N6O5. The number of carbonyl (C=O) groups is 1. The normalized spacial score (nSPS) is 24.1. The van der Waals surface area contributed by atoms with E-state index in [1.807, 2.05) is 25.7 Å². The van der Waals surface area contributed by atoms with Crippen molar-refractivity contribution in [2.45, 2.75) is 102 Å². The molecule has 2 unspecified atom stereocenters. The fraction of sp³-hybridized carbons (Fsp3) is 0.686. The largest absolute Gasteiger partial charge is 0.467 e. The Kier molecular flexibility index (Phi) is 8.75. The van der Waals surface area contributed by atoms with Crippen molar-refractivity contribution in [1.82, 2.24) is 19.8 Å². The minimum atomic E-state index is -4.76. The van der Waals surface area contributed by atoms with Gasteiger partial charge < -0.3 is 28.7 Å². The number of carbonyl (C=O) groups excluding carboxylic acids is 1. The van der Waals surface area contributed by atoms with Crippen LogP contribution in [-0.2, 0) is 28.6 Å². The molecule has 0 spiro atoms. The van der Waals surface area contributed by atoms with Crippen LogP contribution in [0.25, 0.3) is 0 Å². The Morgan fingerprint density at radius 1 is 1.04 bits per heavy atom. The zero-order valence-corrected chi connectivity index (χ0v) is 29.7. The van der Waals surface area contributed by atoms with Crippen molar-refractivity contribution in [2.75, 3.05) is 63.0 Å². The molecule has 0 aliphatic carbocycles. The van der Waals surface area contributed by atoms with E-state index in [1.54, 1.807) is 4.90 Å². The third-order valence-corrected chi connectivity index (χ3v) is 10.7. The lowest BCUT2D eigenvalue weighted by Crippen LogP contribution is -2.57. The van der Waals surface area contributed by atoms with Gasteiger partial charge in [-0.1, -0.05) is 11.6 Å². The molecule has 274 valence electrons. The van der Waals surface area contributed by atoms with Crippen molar-refractivity contribution < 1.29 is 39.7 Å². The molecule has 0 N–H and O–H groups in total. The summed E-state index contributed by atoms with van der Waals surface area (Å²) < 4.78 is 84.3. The molecule has 4 fully saturated rings. The number of alkyl halides is 3. The second-order valence-electron chi connectivity index (χ2n) is 14.9. The average molecular weight is 725 g/mol. The van der Waals surface area contributed by atoms with Crippen LogP contribution < -0.4 is 19.3 Å². The van der Waals surface area contributed by atoms with E-state index in [-0.39, 0.29) is 55.5 Å². The third kappa shape index (κ3) is 6.87. The van der Waals surface area contributed by atoms with Gasteiger partial charge in [0.1, 0.15) is 23.7 Å². The third-order valence-electron chi connectivity index (χ3n) is 10.4. The first-order valence-corrected chi connectivity index (χ1v) is 17.7. The zero-order chi connectivity index (χ0) is 37.2. The number of hydrogen-bond acceptors (Lipinski definition) is 10. The summed E-state index contributed by atoms with van der Waals surface area (Å²) in [5.41, 5.74) is -1.41. The topological polar surface area (TPSA) is 92.7 Å². The molecule has 11 nitrogen and oxygen atoms in total. The summed E-state index contributed by atoms with van der Waals surface area (Å²) in [6.45, 7) is 5.85. The monoisotopic (exact) mass is 724 g/mol. The number of hydrogen-bond donors (Lipinski definition) is 0. The molecule has 2 atom stereocenters. The number of benzene rings is 1. The van der Waals surface area contributed by atoms with Gasteiger partial charge in [-0.25, -0.2) is 4.79 Å². The Bertz CT molecular complexity index is 1670. The van der Waals surface area contributed by atoms with Gasteiger partial charge >= 0.3 is 18.3 Å². The SMILES string of the molecule is [2H]C([2H])(Oc1nc2c(c(N3CC4CCC(C3)N4C(=O)OC(C)(C)C)n1)CCN(c1cc(OCOC)cc(Cl)c1C(F)(F)F)C2)C12CCCN1CCC2. The van der Waals surface area contributed by atoms with Crippen molar-refractivity contribution in [3.8, 4) is 11.8 Å². The summed E-state index contributed by atoms with van der Waals surface area (Å²) in [6, 6.07) is 2.00. The van der Waals surface area contributed by atoms with Gasteiger partial charge in [0.05, 0.1) is 48.9 Å². The zero-order valence-electron chi connectivity index (χ0n) is 30.9. The molecule has 0 saturated carbocycles. The van der Waals surface area contributed by atoms with Gasteiger partial charge in [-0.15, -0.1) is 0 Å². The number of fused-ring (bicyclic) bond motifs is 4. The summed E-state index contributed by atoms with van der Waals surface area (Å²) >= 11 is 6.25. The average Bonchev–Trinajstić information content (AvgIpc) is 3.73. The van der Waals surface area contributed by atoms with Crippen molar-refractivity contribution in [1.29, 1.82) is 0 Å². The number of piperazine rings is 1. The standard InChI is InChI=1S/C35H46ClF3N6O5/c1-33(2,3)50-32(46)45-22-7-8-23(45)18-43(17-22)30-25-9-14-42(28-16-24(49-21-47-4)15-26(36)29(28)35(37,38)39)19-27(25)40-31(41-30)48-20-34-10-5-12-44(34)13-6-11-34/h15-16,22-23H,5-14,17-21H2,1-4H3/i20D2. The minimum absolute atomic E-state index is 0.0423. The predicted octanol–water partition coefficient (Wildman–Crippen LogP) is 6.29. The van der Waals surface area contributed by atoms with Crippen LogP contribution in [0.5, 0.6) is 11.8 Å². The maximum Gasteiger partial charge on any atom is 0.419 e. The highest BCUT2D eigenvalue weighted by atomic mass is 35.5. The Labute approximate surface area is 298 Å². The van der Waals surface area contributed by atoms with E-state index in [0.717, 1.165) is 50.4 Å². The lowest BCUT2D eigenvalue weighted by atomic mass is 9.95. The summed E-state index contributed by atoms with van der Waals surface area (Å²) in [6.07, 6.45) is -0.239. The number of amides is 1. The first-order chi connectivity index (χ1) is 24.5. The van der Waals surface area contributed by atoms with Crippen molar-refractivity contribution in [3.63, 3.8) is 0 Å². The fourth-order valence-corrected chi connectivity index (χ4v) is 8.62. The van der Waals surface area contributed by atoms with Crippen molar-refractivity contribution in [3.05, 3.63) is 34.0 Å². The number of aromatic nitrogens is 2. The maximum absolute atomic E-state index is 14.5. The van der Waals surface area contributed by atoms with Crippen LogP contribution in [0.2, 0.25) is 5.02 Å². The number of anilines is 2. The van der Waals surface area contributed by atoms with E-state index in [0.29, 0.717) is 43.9 Å². The number of rotatable bonds is 8. The van der Waals surface area contributed by atoms with Crippen LogP contribution in [0.1, 0.15) is 78.9 Å². The molecule has 4 saturated heterocycles. The highest BCUT2D eigenvalue weighted by Gasteiger charge is 2.47. The predicted molar refractivity (Wildman–Crippen MR) is 181 cm³/mol. The molecule has 2 bridgehead atoms. The van der Waals surface area contributed by atoms with Crippen molar-refractivity contribution in [2.24, 2.45) is 0 Å². The van der Waals surface area contributed by atoms with Gasteiger partial charge in [0.25, 0.3) is 0 Å². The Morgan fingerprint density at radius 3 is 2.38 bits per heavy atom. The summed E-state index contributed by atoms with van der Waals surface area (Å²) in [5, 5.41) is -0.502. The van der Waals surface area contributed by atoms with Gasteiger partial charge in [0.2, 0.25) is 0 Å². The second-order valence-corrected chi connectivity index (χ2v) is 15.3. The molecule has 50 heavy (non-hydrogen) atoms. The fourth-order valence-electron chi connectivity index (χ4n) is 8.31. The summed E-state index contributed by atoms with van der Waals surface area (Å²) in [4.78, 5) is 30.5. The van der Waals surface area contributed by atoms with E-state index in [4.69, 9.17) is 40.5 Å². The van der Waals surface area contributed by atoms with Crippen LogP contribution in [0.3, 0.4) is 0 Å². The minimum Gasteiger partial charge on any atom is -0.467 e. The van der Waals surface area contributed by atoms with Crippen molar-refractivity contribution >= 4 is 29.2 Å². The molecule has 1 amide bonds. The smallest absolute Gasteiger partial charge is 0.419 e. The van der Waals surface area contributed by atoms with Crippen LogP contribution in [0.4, 0.5) is 29.5 Å². The Balaban J connectivity index is 1.25. The van der Waals surface area contributed by atoms with Gasteiger partial charge in [-0.3, -0.25) is 9.80 Å². The number of methoxy groups -OCH3 is 1. The summed E-state index contributed by atoms with van der Waals surface area (Å²) in [7, 11) is 1.41. The van der Waals surface area contributed by atoms with E-state index >= 15 is 0 Å². The van der Waals surface area contributed by atoms with E-state index in [1.165, 1.54) is 13.2 Å². The van der Waals surface area contributed by atoms with Gasteiger partial charge in [0.15, 0.2) is 6.79 Å². The lowest BCUT2D eigenvalue weighted by molar-refractivity contribution is -0.137. The molecular weight excluding hydrogens is 677 g/mol. The molecule has 1 aromatic heterocycles. The second kappa shape index (κ2) is 13.4. The van der Waals surface area contributed by atoms with Gasteiger partial charge in [-0.05, 0) is 84.9 Å².